The van der Waals surface area contributed by atoms with E-state index in [1.54, 1.807) is 6.92 Å². The Kier molecular flexibility index (Phi) is 3.84. The summed E-state index contributed by atoms with van der Waals surface area (Å²) in [5, 5.41) is 2.44. The SMILES string of the molecule is Cc1ccc(C(F)(F)F)cc1NC(=O)c1ccnc(N)c1. The summed E-state index contributed by atoms with van der Waals surface area (Å²) in [6.07, 6.45) is -3.11. The van der Waals surface area contributed by atoms with Gasteiger partial charge in [0.2, 0.25) is 0 Å². The first-order valence-corrected chi connectivity index (χ1v) is 5.98. The number of rotatable bonds is 2. The Balaban J connectivity index is 2.29. The van der Waals surface area contributed by atoms with Gasteiger partial charge in [-0.2, -0.15) is 13.2 Å². The first-order valence-electron chi connectivity index (χ1n) is 5.98. The Bertz CT molecular complexity index is 683. The quantitative estimate of drug-likeness (QED) is 0.893. The molecule has 2 aromatic rings. The summed E-state index contributed by atoms with van der Waals surface area (Å²) in [4.78, 5) is 15.7. The van der Waals surface area contributed by atoms with Gasteiger partial charge >= 0.3 is 6.18 Å². The Labute approximate surface area is 118 Å². The molecule has 2 rings (SSSR count). The average Bonchev–Trinajstić information content (AvgIpc) is 2.40. The highest BCUT2D eigenvalue weighted by molar-refractivity contribution is 6.05. The third-order valence-electron chi connectivity index (χ3n) is 2.86. The number of pyridine rings is 1. The molecule has 1 heterocycles. The first kappa shape index (κ1) is 14.8. The lowest BCUT2D eigenvalue weighted by atomic mass is 10.1. The molecule has 0 saturated carbocycles. The Morgan fingerprint density at radius 2 is 1.95 bits per heavy atom. The van der Waals surface area contributed by atoms with E-state index in [0.29, 0.717) is 5.56 Å². The van der Waals surface area contributed by atoms with E-state index >= 15 is 0 Å². The molecule has 0 spiro atoms. The van der Waals surface area contributed by atoms with Crippen molar-refractivity contribution in [1.29, 1.82) is 0 Å². The van der Waals surface area contributed by atoms with Gasteiger partial charge in [-0.25, -0.2) is 4.98 Å². The zero-order valence-corrected chi connectivity index (χ0v) is 11.0. The molecule has 1 amide bonds. The van der Waals surface area contributed by atoms with E-state index < -0.39 is 17.6 Å². The summed E-state index contributed by atoms with van der Waals surface area (Å²) in [5.41, 5.74) is 5.49. The summed E-state index contributed by atoms with van der Waals surface area (Å²) in [5.74, 6) is -0.394. The predicted molar refractivity (Wildman–Crippen MR) is 72.8 cm³/mol. The van der Waals surface area contributed by atoms with Crippen LogP contribution in [0.25, 0.3) is 0 Å². The number of carbonyl (C=O) groups is 1. The molecule has 21 heavy (non-hydrogen) atoms. The maximum Gasteiger partial charge on any atom is 0.416 e. The van der Waals surface area contributed by atoms with Crippen LogP contribution in [0.5, 0.6) is 0 Å². The van der Waals surface area contributed by atoms with Crippen molar-refractivity contribution in [2.24, 2.45) is 0 Å². The number of nitrogens with one attached hydrogen (secondary N) is 1. The molecule has 0 aliphatic heterocycles. The van der Waals surface area contributed by atoms with Crippen LogP contribution in [0.15, 0.2) is 36.5 Å². The zero-order valence-electron chi connectivity index (χ0n) is 11.0. The summed E-state index contributed by atoms with van der Waals surface area (Å²) >= 11 is 0. The standard InChI is InChI=1S/C14H12F3N3O/c1-8-2-3-10(14(15,16)17)7-11(8)20-13(21)9-4-5-19-12(18)6-9/h2-7H,1H3,(H2,18,19)(H,20,21). The van der Waals surface area contributed by atoms with Gasteiger partial charge in [-0.05, 0) is 36.8 Å². The zero-order chi connectivity index (χ0) is 15.6. The number of alkyl halides is 3. The second kappa shape index (κ2) is 5.43. The number of aryl methyl sites for hydroxylation is 1. The Morgan fingerprint density at radius 3 is 2.57 bits per heavy atom. The van der Waals surface area contributed by atoms with Gasteiger partial charge in [-0.1, -0.05) is 6.07 Å². The van der Waals surface area contributed by atoms with Crippen molar-refractivity contribution in [1.82, 2.24) is 4.98 Å². The number of benzene rings is 1. The Morgan fingerprint density at radius 1 is 1.24 bits per heavy atom. The third kappa shape index (κ3) is 3.50. The molecule has 4 nitrogen and oxygen atoms in total. The van der Waals surface area contributed by atoms with Gasteiger partial charge < -0.3 is 11.1 Å². The highest BCUT2D eigenvalue weighted by atomic mass is 19.4. The number of hydrogen-bond acceptors (Lipinski definition) is 3. The molecular weight excluding hydrogens is 283 g/mol. The van der Waals surface area contributed by atoms with Crippen LogP contribution in [0.2, 0.25) is 0 Å². The maximum atomic E-state index is 12.7. The highest BCUT2D eigenvalue weighted by Gasteiger charge is 2.30. The largest absolute Gasteiger partial charge is 0.416 e. The van der Waals surface area contributed by atoms with Crippen LogP contribution in [-0.2, 0) is 6.18 Å². The first-order chi connectivity index (χ1) is 9.77. The third-order valence-corrected chi connectivity index (χ3v) is 2.86. The molecule has 0 radical (unpaired) electrons. The highest BCUT2D eigenvalue weighted by Crippen LogP contribution is 2.32. The summed E-state index contributed by atoms with van der Waals surface area (Å²) in [6.45, 7) is 1.61. The van der Waals surface area contributed by atoms with Gasteiger partial charge in [0.1, 0.15) is 5.82 Å². The van der Waals surface area contributed by atoms with Crippen molar-refractivity contribution in [3.63, 3.8) is 0 Å². The molecule has 0 aliphatic carbocycles. The van der Waals surface area contributed by atoms with Crippen LogP contribution in [0, 0.1) is 6.92 Å². The number of hydrogen-bond donors (Lipinski definition) is 2. The number of carbonyl (C=O) groups excluding carboxylic acids is 1. The molecule has 3 N–H and O–H groups in total. The minimum Gasteiger partial charge on any atom is -0.384 e. The Hall–Kier alpha value is -2.57. The topological polar surface area (TPSA) is 68.0 Å². The van der Waals surface area contributed by atoms with Gasteiger partial charge in [0.25, 0.3) is 5.91 Å². The molecule has 0 unspecified atom stereocenters. The van der Waals surface area contributed by atoms with E-state index in [4.69, 9.17) is 5.73 Å². The van der Waals surface area contributed by atoms with Crippen molar-refractivity contribution in [3.05, 3.63) is 53.2 Å². The smallest absolute Gasteiger partial charge is 0.384 e. The van der Waals surface area contributed by atoms with Gasteiger partial charge in [-0.3, -0.25) is 4.79 Å². The lowest BCUT2D eigenvalue weighted by Gasteiger charge is -2.12. The van der Waals surface area contributed by atoms with E-state index in [2.05, 4.69) is 10.3 Å². The lowest BCUT2D eigenvalue weighted by molar-refractivity contribution is -0.137. The van der Waals surface area contributed by atoms with Crippen LogP contribution in [0.1, 0.15) is 21.5 Å². The van der Waals surface area contributed by atoms with Gasteiger partial charge in [0, 0.05) is 17.4 Å². The second-order valence-electron chi connectivity index (χ2n) is 4.45. The van der Waals surface area contributed by atoms with Crippen LogP contribution in [0.4, 0.5) is 24.7 Å². The lowest BCUT2D eigenvalue weighted by Crippen LogP contribution is -2.14. The monoisotopic (exact) mass is 295 g/mol. The molecule has 0 atom stereocenters. The van der Waals surface area contributed by atoms with Gasteiger partial charge in [0.05, 0.1) is 5.56 Å². The number of nitrogens with zero attached hydrogens (tertiary/aromatic N) is 1. The molecule has 0 saturated heterocycles. The summed E-state index contributed by atoms with van der Waals surface area (Å²) in [7, 11) is 0. The summed E-state index contributed by atoms with van der Waals surface area (Å²) in [6, 6.07) is 5.94. The number of aromatic nitrogens is 1. The molecule has 0 fully saturated rings. The van der Waals surface area contributed by atoms with Gasteiger partial charge in [-0.15, -0.1) is 0 Å². The molecular formula is C14H12F3N3O. The minimum absolute atomic E-state index is 0.102. The van der Waals surface area contributed by atoms with Crippen molar-refractivity contribution in [2.75, 3.05) is 11.1 Å². The van der Waals surface area contributed by atoms with Crippen molar-refractivity contribution < 1.29 is 18.0 Å². The summed E-state index contributed by atoms with van der Waals surface area (Å²) < 4.78 is 38.0. The molecule has 7 heteroatoms. The normalized spacial score (nSPS) is 11.2. The van der Waals surface area contributed by atoms with Crippen molar-refractivity contribution in [3.8, 4) is 0 Å². The minimum atomic E-state index is -4.46. The van der Waals surface area contributed by atoms with Crippen LogP contribution in [0.3, 0.4) is 0 Å². The molecule has 110 valence electrons. The second-order valence-corrected chi connectivity index (χ2v) is 4.45. The fourth-order valence-corrected chi connectivity index (χ4v) is 1.72. The molecule has 1 aromatic heterocycles. The number of nitrogen functional groups attached to an aromatic ring is 1. The van der Waals surface area contributed by atoms with Crippen molar-refractivity contribution in [2.45, 2.75) is 13.1 Å². The van der Waals surface area contributed by atoms with E-state index in [0.717, 1.165) is 12.1 Å². The van der Waals surface area contributed by atoms with E-state index in [-0.39, 0.29) is 17.1 Å². The van der Waals surface area contributed by atoms with Crippen LogP contribution >= 0.6 is 0 Å². The van der Waals surface area contributed by atoms with Gasteiger partial charge in [0.15, 0.2) is 0 Å². The number of halogens is 3. The number of amides is 1. The fourth-order valence-electron chi connectivity index (χ4n) is 1.72. The maximum absolute atomic E-state index is 12.7. The number of nitrogens with two attached hydrogens (primary N) is 1. The van der Waals surface area contributed by atoms with Crippen LogP contribution < -0.4 is 11.1 Å². The molecule has 0 aliphatic rings. The van der Waals surface area contributed by atoms with Crippen molar-refractivity contribution >= 4 is 17.4 Å². The van der Waals surface area contributed by atoms with Crippen LogP contribution in [-0.4, -0.2) is 10.9 Å². The molecule has 1 aromatic carbocycles. The van der Waals surface area contributed by atoms with E-state index in [9.17, 15) is 18.0 Å². The molecule has 0 bridgehead atoms. The average molecular weight is 295 g/mol. The van der Waals surface area contributed by atoms with E-state index in [1.807, 2.05) is 0 Å². The van der Waals surface area contributed by atoms with E-state index in [1.165, 1.54) is 24.4 Å². The predicted octanol–water partition coefficient (Wildman–Crippen LogP) is 3.24. The fraction of sp³-hybridized carbons (Fsp3) is 0.143. The number of anilines is 2.